The van der Waals surface area contributed by atoms with Gasteiger partial charge in [-0.05, 0) is 44.8 Å². The number of fused-ring (bicyclic) bond motifs is 1. The van der Waals surface area contributed by atoms with Crippen LogP contribution in [0.4, 0.5) is 0 Å². The van der Waals surface area contributed by atoms with Gasteiger partial charge >= 0.3 is 0 Å². The van der Waals surface area contributed by atoms with E-state index in [1.165, 1.54) is 18.4 Å². The predicted octanol–water partition coefficient (Wildman–Crippen LogP) is 2.13. The summed E-state index contributed by atoms with van der Waals surface area (Å²) in [6.07, 6.45) is 4.48. The Balaban J connectivity index is 1.43. The lowest BCUT2D eigenvalue weighted by Gasteiger charge is -2.28. The van der Waals surface area contributed by atoms with Gasteiger partial charge in [0, 0.05) is 26.1 Å². The van der Waals surface area contributed by atoms with Crippen molar-refractivity contribution in [2.24, 2.45) is 4.99 Å². The third kappa shape index (κ3) is 5.62. The number of methoxy groups -OCH3 is 1. The zero-order valence-electron chi connectivity index (χ0n) is 18.8. The van der Waals surface area contributed by atoms with Crippen LogP contribution in [-0.4, -0.2) is 65.0 Å². The summed E-state index contributed by atoms with van der Waals surface area (Å²) in [5.41, 5.74) is 1.35. The smallest absolute Gasteiger partial charge is 0.191 e. The number of hydrogen-bond acceptors (Lipinski definition) is 5. The molecule has 4 rings (SSSR count). The molecule has 31 heavy (non-hydrogen) atoms. The van der Waals surface area contributed by atoms with Crippen molar-refractivity contribution in [2.45, 2.75) is 57.8 Å². The van der Waals surface area contributed by atoms with Crippen molar-refractivity contribution in [2.75, 3.05) is 33.3 Å². The fraction of sp³-hybridized carbons (Fsp3) is 0.609. The molecule has 8 nitrogen and oxygen atoms in total. The van der Waals surface area contributed by atoms with E-state index < -0.39 is 0 Å². The zero-order valence-corrected chi connectivity index (χ0v) is 18.8. The average Bonchev–Trinajstić information content (AvgIpc) is 3.45. The second-order valence-electron chi connectivity index (χ2n) is 8.33. The lowest BCUT2D eigenvalue weighted by atomic mass is 10.1. The highest BCUT2D eigenvalue weighted by Crippen LogP contribution is 2.25. The topological polar surface area (TPSA) is 79.6 Å². The molecule has 8 heteroatoms. The summed E-state index contributed by atoms with van der Waals surface area (Å²) in [6.45, 7) is 7.26. The summed E-state index contributed by atoms with van der Waals surface area (Å²) in [5, 5.41) is 11.7. The maximum atomic E-state index is 5.17. The molecule has 2 aromatic rings. The van der Waals surface area contributed by atoms with Gasteiger partial charge in [0.05, 0.1) is 19.1 Å². The molecule has 0 amide bonds. The first-order chi connectivity index (χ1) is 15.3. The Bertz CT molecular complexity index is 845. The third-order valence-corrected chi connectivity index (χ3v) is 6.05. The Hall–Kier alpha value is -2.45. The number of ether oxygens (including phenoxy) is 1. The molecule has 2 atom stereocenters. The van der Waals surface area contributed by atoms with E-state index in [1.807, 2.05) is 4.68 Å². The van der Waals surface area contributed by atoms with Gasteiger partial charge in [0.1, 0.15) is 12.4 Å². The number of hydrogen-bond donors (Lipinski definition) is 2. The van der Waals surface area contributed by atoms with Crippen molar-refractivity contribution in [1.29, 1.82) is 0 Å². The van der Waals surface area contributed by atoms with Crippen LogP contribution in [0.3, 0.4) is 0 Å². The Labute approximate surface area is 185 Å². The van der Waals surface area contributed by atoms with Crippen LogP contribution in [0.25, 0.3) is 0 Å². The normalized spacial score (nSPS) is 20.5. The summed E-state index contributed by atoms with van der Waals surface area (Å²) in [6, 6.07) is 11.4. The Morgan fingerprint density at radius 3 is 2.81 bits per heavy atom. The van der Waals surface area contributed by atoms with E-state index in [2.05, 4.69) is 62.9 Å². The molecule has 0 saturated carbocycles. The Morgan fingerprint density at radius 2 is 2.06 bits per heavy atom. The van der Waals surface area contributed by atoms with Gasteiger partial charge in [-0.25, -0.2) is 9.67 Å². The molecule has 0 aliphatic carbocycles. The first kappa shape index (κ1) is 21.8. The Morgan fingerprint density at radius 1 is 1.26 bits per heavy atom. The second kappa shape index (κ2) is 10.7. The molecule has 2 aliphatic rings. The largest absolute Gasteiger partial charge is 0.377 e. The van der Waals surface area contributed by atoms with Crippen LogP contribution >= 0.6 is 0 Å². The van der Waals surface area contributed by atoms with Crippen molar-refractivity contribution < 1.29 is 4.74 Å². The van der Waals surface area contributed by atoms with E-state index in [0.29, 0.717) is 12.6 Å². The minimum Gasteiger partial charge on any atom is -0.377 e. The summed E-state index contributed by atoms with van der Waals surface area (Å²) in [4.78, 5) is 12.2. The number of aliphatic imine (C=N–C) groups is 1. The Kier molecular flexibility index (Phi) is 7.53. The molecule has 2 aliphatic heterocycles. The lowest BCUT2D eigenvalue weighted by Crippen LogP contribution is -2.47. The van der Waals surface area contributed by atoms with Crippen molar-refractivity contribution in [3.63, 3.8) is 0 Å². The van der Waals surface area contributed by atoms with Crippen LogP contribution in [0.1, 0.15) is 49.4 Å². The molecule has 0 spiro atoms. The molecule has 2 unspecified atom stereocenters. The zero-order chi connectivity index (χ0) is 21.5. The SMILES string of the molecule is CCNC(=NCC(c1ccccc1)N1CCCC1)NC1CCc2nc(COC)nn2C1. The molecule has 1 aromatic carbocycles. The number of nitrogens with zero attached hydrogens (tertiary/aromatic N) is 5. The van der Waals surface area contributed by atoms with E-state index in [4.69, 9.17) is 9.73 Å². The van der Waals surface area contributed by atoms with Gasteiger partial charge in [-0.3, -0.25) is 9.89 Å². The molecule has 1 aromatic heterocycles. The fourth-order valence-electron chi connectivity index (χ4n) is 4.52. The summed E-state index contributed by atoms with van der Waals surface area (Å²) >= 11 is 0. The van der Waals surface area contributed by atoms with Crippen molar-refractivity contribution in [3.8, 4) is 0 Å². The molecule has 1 saturated heterocycles. The van der Waals surface area contributed by atoms with E-state index >= 15 is 0 Å². The number of nitrogens with one attached hydrogen (secondary N) is 2. The fourth-order valence-corrected chi connectivity index (χ4v) is 4.52. The van der Waals surface area contributed by atoms with Gasteiger partial charge in [-0.1, -0.05) is 30.3 Å². The van der Waals surface area contributed by atoms with Gasteiger partial charge in [0.25, 0.3) is 0 Å². The van der Waals surface area contributed by atoms with Crippen molar-refractivity contribution >= 4 is 5.96 Å². The summed E-state index contributed by atoms with van der Waals surface area (Å²) in [7, 11) is 1.67. The molecule has 2 N–H and O–H groups in total. The average molecular weight is 426 g/mol. The van der Waals surface area contributed by atoms with Gasteiger partial charge < -0.3 is 15.4 Å². The highest BCUT2D eigenvalue weighted by molar-refractivity contribution is 5.80. The van der Waals surface area contributed by atoms with Crippen LogP contribution in [0.5, 0.6) is 0 Å². The second-order valence-corrected chi connectivity index (χ2v) is 8.33. The maximum absolute atomic E-state index is 5.17. The number of benzene rings is 1. The van der Waals surface area contributed by atoms with Crippen LogP contribution in [0.15, 0.2) is 35.3 Å². The highest BCUT2D eigenvalue weighted by atomic mass is 16.5. The van der Waals surface area contributed by atoms with E-state index in [0.717, 1.165) is 63.2 Å². The van der Waals surface area contributed by atoms with Crippen molar-refractivity contribution in [3.05, 3.63) is 47.5 Å². The van der Waals surface area contributed by atoms with Gasteiger partial charge in [0.2, 0.25) is 0 Å². The van der Waals surface area contributed by atoms with E-state index in [-0.39, 0.29) is 6.04 Å². The molecule has 3 heterocycles. The number of aromatic nitrogens is 3. The summed E-state index contributed by atoms with van der Waals surface area (Å²) in [5.74, 6) is 2.69. The van der Waals surface area contributed by atoms with Gasteiger partial charge in [0.15, 0.2) is 11.8 Å². The first-order valence-electron chi connectivity index (χ1n) is 11.5. The lowest BCUT2D eigenvalue weighted by molar-refractivity contribution is 0.177. The number of likely N-dealkylation sites (tertiary alicyclic amines) is 1. The van der Waals surface area contributed by atoms with Crippen LogP contribution in [-0.2, 0) is 24.3 Å². The highest BCUT2D eigenvalue weighted by Gasteiger charge is 2.25. The van der Waals surface area contributed by atoms with E-state index in [9.17, 15) is 0 Å². The molecule has 0 radical (unpaired) electrons. The monoisotopic (exact) mass is 425 g/mol. The van der Waals surface area contributed by atoms with Gasteiger partial charge in [-0.2, -0.15) is 5.10 Å². The number of aryl methyl sites for hydroxylation is 1. The molecular weight excluding hydrogens is 390 g/mol. The number of guanidine groups is 1. The standard InChI is InChI=1S/C23H35N7O/c1-3-24-23(26-19-11-12-22-27-21(17-31-2)28-30(22)16-19)25-15-20(29-13-7-8-14-29)18-9-5-4-6-10-18/h4-6,9-10,19-20H,3,7-8,11-17H2,1-2H3,(H2,24,25,26). The molecule has 0 bridgehead atoms. The summed E-state index contributed by atoms with van der Waals surface area (Å²) < 4.78 is 7.18. The third-order valence-electron chi connectivity index (χ3n) is 6.05. The molecular formula is C23H35N7O. The van der Waals surface area contributed by atoms with Crippen molar-refractivity contribution in [1.82, 2.24) is 30.3 Å². The minimum absolute atomic E-state index is 0.282. The van der Waals surface area contributed by atoms with E-state index in [1.54, 1.807) is 7.11 Å². The van der Waals surface area contributed by atoms with Crippen LogP contribution < -0.4 is 10.6 Å². The van der Waals surface area contributed by atoms with Gasteiger partial charge in [-0.15, -0.1) is 0 Å². The van der Waals surface area contributed by atoms with Crippen LogP contribution in [0.2, 0.25) is 0 Å². The molecule has 1 fully saturated rings. The first-order valence-corrected chi connectivity index (χ1v) is 11.5. The number of rotatable bonds is 8. The quantitative estimate of drug-likeness (QED) is 0.498. The maximum Gasteiger partial charge on any atom is 0.191 e. The molecule has 168 valence electrons. The van der Waals surface area contributed by atoms with Crippen LogP contribution in [0, 0.1) is 0 Å². The predicted molar refractivity (Wildman–Crippen MR) is 122 cm³/mol. The minimum atomic E-state index is 0.282.